The molecule has 0 aromatic heterocycles. The van der Waals surface area contributed by atoms with Crippen LogP contribution in [0.2, 0.25) is 0 Å². The first-order valence-corrected chi connectivity index (χ1v) is 4.99. The number of aliphatic carboxylic acids is 1. The fourth-order valence-electron chi connectivity index (χ4n) is 0.619. The van der Waals surface area contributed by atoms with Gasteiger partial charge < -0.3 is 9.84 Å². The maximum absolute atomic E-state index is 10.7. The SMILES string of the molecule is CC(C)OCC(=CC(Cl)(Cl)Cl)C(=O)O. The van der Waals surface area contributed by atoms with Gasteiger partial charge in [0, 0.05) is 0 Å². The van der Waals surface area contributed by atoms with Crippen LogP contribution in [0.4, 0.5) is 0 Å². The van der Waals surface area contributed by atoms with Crippen LogP contribution in [0.1, 0.15) is 13.8 Å². The molecule has 0 aromatic rings. The molecular formula is C8H11Cl3O3. The Labute approximate surface area is 97.6 Å². The average Bonchev–Trinajstić information content (AvgIpc) is 1.94. The molecule has 0 rings (SSSR count). The van der Waals surface area contributed by atoms with E-state index < -0.39 is 9.76 Å². The number of ether oxygens (including phenoxy) is 1. The van der Waals surface area contributed by atoms with Crippen molar-refractivity contribution in [3.8, 4) is 0 Å². The van der Waals surface area contributed by atoms with E-state index in [-0.39, 0.29) is 18.3 Å². The molecule has 0 atom stereocenters. The van der Waals surface area contributed by atoms with Crippen molar-refractivity contribution in [1.82, 2.24) is 0 Å². The molecule has 0 unspecified atom stereocenters. The van der Waals surface area contributed by atoms with Crippen molar-refractivity contribution in [3.05, 3.63) is 11.6 Å². The Morgan fingerprint density at radius 3 is 2.29 bits per heavy atom. The van der Waals surface area contributed by atoms with Crippen LogP contribution in [0.3, 0.4) is 0 Å². The van der Waals surface area contributed by atoms with E-state index in [0.717, 1.165) is 6.08 Å². The van der Waals surface area contributed by atoms with Crippen molar-refractivity contribution >= 4 is 40.8 Å². The average molecular weight is 262 g/mol. The van der Waals surface area contributed by atoms with Gasteiger partial charge in [0.05, 0.1) is 18.3 Å². The Balaban J connectivity index is 4.46. The van der Waals surface area contributed by atoms with E-state index in [4.69, 9.17) is 44.6 Å². The van der Waals surface area contributed by atoms with E-state index >= 15 is 0 Å². The van der Waals surface area contributed by atoms with Crippen molar-refractivity contribution in [3.63, 3.8) is 0 Å². The lowest BCUT2D eigenvalue weighted by atomic mass is 10.3. The highest BCUT2D eigenvalue weighted by Crippen LogP contribution is 2.29. The molecule has 0 saturated heterocycles. The lowest BCUT2D eigenvalue weighted by Gasteiger charge is -2.10. The molecule has 0 aliphatic carbocycles. The predicted molar refractivity (Wildman–Crippen MR) is 57.1 cm³/mol. The number of halogens is 3. The van der Waals surface area contributed by atoms with Gasteiger partial charge in [0.25, 0.3) is 0 Å². The third-order valence-electron chi connectivity index (χ3n) is 1.18. The summed E-state index contributed by atoms with van der Waals surface area (Å²) in [5.74, 6) is -1.16. The number of carbonyl (C=O) groups is 1. The first-order valence-electron chi connectivity index (χ1n) is 3.85. The zero-order valence-electron chi connectivity index (χ0n) is 7.76. The van der Waals surface area contributed by atoms with Crippen LogP contribution in [0.15, 0.2) is 11.6 Å². The fourth-order valence-corrected chi connectivity index (χ4v) is 1.01. The Kier molecular flexibility index (Phi) is 5.83. The van der Waals surface area contributed by atoms with E-state index in [1.807, 2.05) is 0 Å². The molecule has 0 saturated carbocycles. The second-order valence-corrected chi connectivity index (χ2v) is 5.25. The van der Waals surface area contributed by atoms with Crippen LogP contribution in [0, 0.1) is 0 Å². The summed E-state index contributed by atoms with van der Waals surface area (Å²) < 4.78 is 3.37. The van der Waals surface area contributed by atoms with Gasteiger partial charge in [-0.25, -0.2) is 4.79 Å². The van der Waals surface area contributed by atoms with Gasteiger partial charge in [-0.3, -0.25) is 0 Å². The summed E-state index contributed by atoms with van der Waals surface area (Å²) in [6.07, 6.45) is 0.954. The van der Waals surface area contributed by atoms with E-state index in [9.17, 15) is 4.79 Å². The van der Waals surface area contributed by atoms with Gasteiger partial charge in [-0.15, -0.1) is 0 Å². The molecule has 1 N–H and O–H groups in total. The smallest absolute Gasteiger partial charge is 0.333 e. The summed E-state index contributed by atoms with van der Waals surface area (Å²) in [4.78, 5) is 10.7. The molecule has 6 heteroatoms. The normalized spacial score (nSPS) is 13.4. The van der Waals surface area contributed by atoms with Gasteiger partial charge in [-0.2, -0.15) is 0 Å². The highest BCUT2D eigenvalue weighted by Gasteiger charge is 2.20. The number of allylic oxidation sites excluding steroid dienone is 1. The topological polar surface area (TPSA) is 46.5 Å². The summed E-state index contributed by atoms with van der Waals surface area (Å²) in [6, 6.07) is 0. The molecule has 0 radical (unpaired) electrons. The first kappa shape index (κ1) is 14.0. The molecule has 82 valence electrons. The van der Waals surface area contributed by atoms with Crippen LogP contribution in [-0.2, 0) is 9.53 Å². The Morgan fingerprint density at radius 2 is 2.00 bits per heavy atom. The summed E-state index contributed by atoms with van der Waals surface area (Å²) in [5, 5.41) is 8.73. The third kappa shape index (κ3) is 7.44. The number of carboxylic acids is 1. The number of hydrogen-bond acceptors (Lipinski definition) is 2. The van der Waals surface area contributed by atoms with Crippen LogP contribution in [0.5, 0.6) is 0 Å². The first-order chi connectivity index (χ1) is 6.22. The summed E-state index contributed by atoms with van der Waals surface area (Å²) in [5.41, 5.74) is -0.0706. The van der Waals surface area contributed by atoms with Gasteiger partial charge in [-0.1, -0.05) is 34.8 Å². The zero-order valence-corrected chi connectivity index (χ0v) is 10.0. The van der Waals surface area contributed by atoms with Gasteiger partial charge in [0.15, 0.2) is 0 Å². The van der Waals surface area contributed by atoms with Crippen molar-refractivity contribution in [2.75, 3.05) is 6.61 Å². The Hall–Kier alpha value is 0.0400. The highest BCUT2D eigenvalue weighted by molar-refractivity contribution is 6.69. The van der Waals surface area contributed by atoms with Crippen LogP contribution < -0.4 is 0 Å². The minimum atomic E-state index is -1.71. The molecule has 0 bridgehead atoms. The molecule has 0 aromatic carbocycles. The number of hydrogen-bond donors (Lipinski definition) is 1. The number of rotatable bonds is 4. The van der Waals surface area contributed by atoms with Crippen molar-refractivity contribution in [2.45, 2.75) is 23.7 Å². The molecule has 0 spiro atoms. The molecule has 0 fully saturated rings. The molecule has 14 heavy (non-hydrogen) atoms. The molecule has 0 heterocycles. The largest absolute Gasteiger partial charge is 0.478 e. The number of alkyl halides is 3. The van der Waals surface area contributed by atoms with Crippen molar-refractivity contribution in [1.29, 1.82) is 0 Å². The second kappa shape index (κ2) is 5.81. The van der Waals surface area contributed by atoms with Gasteiger partial charge >= 0.3 is 5.97 Å². The lowest BCUT2D eigenvalue weighted by molar-refractivity contribution is -0.133. The monoisotopic (exact) mass is 260 g/mol. The van der Waals surface area contributed by atoms with Crippen LogP contribution >= 0.6 is 34.8 Å². The lowest BCUT2D eigenvalue weighted by Crippen LogP contribution is -2.14. The van der Waals surface area contributed by atoms with Crippen molar-refractivity contribution in [2.24, 2.45) is 0 Å². The van der Waals surface area contributed by atoms with E-state index in [0.29, 0.717) is 0 Å². The summed E-state index contributed by atoms with van der Waals surface area (Å²) >= 11 is 16.3. The zero-order chi connectivity index (χ0) is 11.4. The standard InChI is InChI=1S/C8H11Cl3O3/c1-5(2)14-4-6(7(12)13)3-8(9,10)11/h3,5H,4H2,1-2H3,(H,12,13). The minimum absolute atomic E-state index is 0.0706. The molecular weight excluding hydrogens is 250 g/mol. The van der Waals surface area contributed by atoms with Crippen LogP contribution in [-0.4, -0.2) is 27.6 Å². The quantitative estimate of drug-likeness (QED) is 0.625. The summed E-state index contributed by atoms with van der Waals surface area (Å²) in [6.45, 7) is 3.49. The fraction of sp³-hybridized carbons (Fsp3) is 0.625. The maximum Gasteiger partial charge on any atom is 0.333 e. The van der Waals surface area contributed by atoms with Gasteiger partial charge in [0.2, 0.25) is 3.79 Å². The highest BCUT2D eigenvalue weighted by atomic mass is 35.6. The molecule has 0 amide bonds. The predicted octanol–water partition coefficient (Wildman–Crippen LogP) is 2.79. The second-order valence-electron chi connectivity index (χ2n) is 2.88. The van der Waals surface area contributed by atoms with Gasteiger partial charge in [0.1, 0.15) is 0 Å². The third-order valence-corrected chi connectivity index (χ3v) is 1.51. The summed E-state index contributed by atoms with van der Waals surface area (Å²) in [7, 11) is 0. The van der Waals surface area contributed by atoms with Crippen molar-refractivity contribution < 1.29 is 14.6 Å². The van der Waals surface area contributed by atoms with E-state index in [1.165, 1.54) is 0 Å². The Morgan fingerprint density at radius 1 is 1.50 bits per heavy atom. The maximum atomic E-state index is 10.7. The van der Waals surface area contributed by atoms with Gasteiger partial charge in [-0.05, 0) is 19.9 Å². The minimum Gasteiger partial charge on any atom is -0.478 e. The molecule has 3 nitrogen and oxygen atoms in total. The Bertz CT molecular complexity index is 230. The number of carboxylic acid groups (broad SMARTS) is 1. The molecule has 0 aliphatic rings. The molecule has 0 aliphatic heterocycles. The van der Waals surface area contributed by atoms with E-state index in [2.05, 4.69) is 0 Å². The van der Waals surface area contributed by atoms with Crippen LogP contribution in [0.25, 0.3) is 0 Å². The van der Waals surface area contributed by atoms with E-state index in [1.54, 1.807) is 13.8 Å².